The van der Waals surface area contributed by atoms with Gasteiger partial charge in [-0.1, -0.05) is 30.7 Å². The fourth-order valence-corrected chi connectivity index (χ4v) is 3.55. The maximum Gasteiger partial charge on any atom is 0.261 e. The van der Waals surface area contributed by atoms with E-state index in [4.69, 9.17) is 16.3 Å². The molecule has 2 atom stereocenters. The molecule has 5 heteroatoms. The molecule has 0 saturated carbocycles. The van der Waals surface area contributed by atoms with Gasteiger partial charge in [0.15, 0.2) is 6.10 Å². The van der Waals surface area contributed by atoms with Crippen LogP contribution in [0.2, 0.25) is 5.02 Å². The number of nitrogens with one attached hydrogen (secondary N) is 1. The molecule has 1 saturated heterocycles. The average Bonchev–Trinajstić information content (AvgIpc) is 2.70. The molecule has 1 amide bonds. The SMILES string of the molecule is CC1CCN(c2ccc([C@H](C)NC(=O)[C@@H](C)Oc3ccc(Cl)cc3)cc2)CC1. The predicted octanol–water partition coefficient (Wildman–Crippen LogP) is 5.22. The summed E-state index contributed by atoms with van der Waals surface area (Å²) in [6, 6.07) is 15.4. The molecule has 0 unspecified atom stereocenters. The number of piperidine rings is 1. The molecule has 2 aromatic rings. The zero-order valence-electron chi connectivity index (χ0n) is 16.8. The molecule has 28 heavy (non-hydrogen) atoms. The van der Waals surface area contributed by atoms with Gasteiger partial charge in [0.25, 0.3) is 5.91 Å². The minimum absolute atomic E-state index is 0.0841. The Kier molecular flexibility index (Phi) is 6.84. The van der Waals surface area contributed by atoms with Crippen LogP contribution < -0.4 is 15.0 Å². The molecule has 3 rings (SSSR count). The van der Waals surface area contributed by atoms with Gasteiger partial charge in [0.05, 0.1) is 6.04 Å². The van der Waals surface area contributed by atoms with E-state index in [-0.39, 0.29) is 11.9 Å². The number of carbonyl (C=O) groups excluding carboxylic acids is 1. The van der Waals surface area contributed by atoms with Crippen LogP contribution in [0.4, 0.5) is 5.69 Å². The number of amides is 1. The molecule has 150 valence electrons. The van der Waals surface area contributed by atoms with Crippen molar-refractivity contribution in [3.05, 3.63) is 59.1 Å². The summed E-state index contributed by atoms with van der Waals surface area (Å²) in [6.07, 6.45) is 1.91. The van der Waals surface area contributed by atoms with Gasteiger partial charge in [-0.2, -0.15) is 0 Å². The number of nitrogens with zero attached hydrogens (tertiary/aromatic N) is 1. The van der Waals surface area contributed by atoms with Gasteiger partial charge >= 0.3 is 0 Å². The first-order valence-electron chi connectivity index (χ1n) is 10.00. The zero-order valence-corrected chi connectivity index (χ0v) is 17.6. The second-order valence-corrected chi connectivity index (χ2v) is 8.14. The smallest absolute Gasteiger partial charge is 0.261 e. The van der Waals surface area contributed by atoms with Crippen molar-refractivity contribution in [3.8, 4) is 5.75 Å². The van der Waals surface area contributed by atoms with Crippen molar-refractivity contribution >= 4 is 23.2 Å². The van der Waals surface area contributed by atoms with E-state index in [9.17, 15) is 4.79 Å². The van der Waals surface area contributed by atoms with Crippen LogP contribution in [0.15, 0.2) is 48.5 Å². The molecule has 1 aliphatic rings. The minimum Gasteiger partial charge on any atom is -0.481 e. The topological polar surface area (TPSA) is 41.6 Å². The second-order valence-electron chi connectivity index (χ2n) is 7.71. The molecular formula is C23H29ClN2O2. The molecule has 0 radical (unpaired) electrons. The largest absolute Gasteiger partial charge is 0.481 e. The summed E-state index contributed by atoms with van der Waals surface area (Å²) in [5.41, 5.74) is 2.34. The van der Waals surface area contributed by atoms with Crippen LogP contribution in [0.1, 0.15) is 45.2 Å². The number of carbonyl (C=O) groups is 1. The second kappa shape index (κ2) is 9.33. The van der Waals surface area contributed by atoms with Gasteiger partial charge < -0.3 is 15.0 Å². The third-order valence-corrected chi connectivity index (χ3v) is 5.65. The fraction of sp³-hybridized carbons (Fsp3) is 0.435. The van der Waals surface area contributed by atoms with Gasteiger partial charge in [0, 0.05) is 23.8 Å². The summed E-state index contributed by atoms with van der Waals surface area (Å²) >= 11 is 5.88. The number of hydrogen-bond donors (Lipinski definition) is 1. The Morgan fingerprint density at radius 3 is 2.29 bits per heavy atom. The average molecular weight is 401 g/mol. The number of rotatable bonds is 6. The highest BCUT2D eigenvalue weighted by molar-refractivity contribution is 6.30. The summed E-state index contributed by atoms with van der Waals surface area (Å²) in [4.78, 5) is 14.9. The molecule has 1 fully saturated rings. The fourth-order valence-electron chi connectivity index (χ4n) is 3.43. The lowest BCUT2D eigenvalue weighted by Crippen LogP contribution is -2.37. The van der Waals surface area contributed by atoms with Crippen LogP contribution in [0.3, 0.4) is 0 Å². The van der Waals surface area contributed by atoms with E-state index in [1.54, 1.807) is 31.2 Å². The standard InChI is InChI=1S/C23H29ClN2O2/c1-16-12-14-26(15-13-16)21-8-4-19(5-9-21)17(2)25-23(27)18(3)28-22-10-6-20(24)7-11-22/h4-11,16-18H,12-15H2,1-3H3,(H,25,27)/t17-,18+/m0/s1. The molecule has 4 nitrogen and oxygen atoms in total. The van der Waals surface area contributed by atoms with E-state index in [1.165, 1.54) is 18.5 Å². The lowest BCUT2D eigenvalue weighted by Gasteiger charge is -2.32. The van der Waals surface area contributed by atoms with Crippen LogP contribution in [0.5, 0.6) is 5.75 Å². The highest BCUT2D eigenvalue weighted by Gasteiger charge is 2.19. The first-order chi connectivity index (χ1) is 13.4. The monoisotopic (exact) mass is 400 g/mol. The molecule has 0 aromatic heterocycles. The maximum absolute atomic E-state index is 12.5. The minimum atomic E-state index is -0.585. The lowest BCUT2D eigenvalue weighted by atomic mass is 9.98. The molecule has 1 N–H and O–H groups in total. The van der Waals surface area contributed by atoms with Gasteiger partial charge in [-0.05, 0) is 74.6 Å². The quantitative estimate of drug-likeness (QED) is 0.722. The number of anilines is 1. The number of halogens is 1. The predicted molar refractivity (Wildman–Crippen MR) is 115 cm³/mol. The van der Waals surface area contributed by atoms with E-state index >= 15 is 0 Å². The number of hydrogen-bond acceptors (Lipinski definition) is 3. The first kappa shape index (κ1) is 20.5. The Morgan fingerprint density at radius 2 is 1.68 bits per heavy atom. The van der Waals surface area contributed by atoms with Crippen molar-refractivity contribution in [2.45, 2.75) is 45.8 Å². The van der Waals surface area contributed by atoms with Gasteiger partial charge in [-0.15, -0.1) is 0 Å². The molecular weight excluding hydrogens is 372 g/mol. The molecule has 0 bridgehead atoms. The summed E-state index contributed by atoms with van der Waals surface area (Å²) in [6.45, 7) is 8.29. The van der Waals surface area contributed by atoms with Crippen LogP contribution in [-0.2, 0) is 4.79 Å². The van der Waals surface area contributed by atoms with Crippen molar-refractivity contribution in [1.29, 1.82) is 0 Å². The van der Waals surface area contributed by atoms with Crippen molar-refractivity contribution in [1.82, 2.24) is 5.32 Å². The Morgan fingerprint density at radius 1 is 1.07 bits per heavy atom. The van der Waals surface area contributed by atoms with Crippen LogP contribution in [-0.4, -0.2) is 25.1 Å². The van der Waals surface area contributed by atoms with Crippen molar-refractivity contribution in [2.24, 2.45) is 5.92 Å². The number of benzene rings is 2. The van der Waals surface area contributed by atoms with Crippen molar-refractivity contribution in [2.75, 3.05) is 18.0 Å². The molecule has 1 aliphatic heterocycles. The maximum atomic E-state index is 12.5. The third kappa shape index (κ3) is 5.41. The highest BCUT2D eigenvalue weighted by Crippen LogP contribution is 2.25. The van der Waals surface area contributed by atoms with E-state index in [1.807, 2.05) is 6.92 Å². The lowest BCUT2D eigenvalue weighted by molar-refractivity contribution is -0.127. The van der Waals surface area contributed by atoms with E-state index in [2.05, 4.69) is 41.4 Å². The summed E-state index contributed by atoms with van der Waals surface area (Å²) in [5.74, 6) is 1.30. The zero-order chi connectivity index (χ0) is 20.1. The van der Waals surface area contributed by atoms with E-state index in [0.717, 1.165) is 24.6 Å². The van der Waals surface area contributed by atoms with Crippen LogP contribution in [0.25, 0.3) is 0 Å². The summed E-state index contributed by atoms with van der Waals surface area (Å²) in [7, 11) is 0. The highest BCUT2D eigenvalue weighted by atomic mass is 35.5. The Balaban J connectivity index is 1.53. The van der Waals surface area contributed by atoms with Crippen LogP contribution in [0, 0.1) is 5.92 Å². The molecule has 0 aliphatic carbocycles. The van der Waals surface area contributed by atoms with Gasteiger partial charge in [0.1, 0.15) is 5.75 Å². The Hall–Kier alpha value is -2.20. The third-order valence-electron chi connectivity index (χ3n) is 5.40. The molecule has 0 spiro atoms. The summed E-state index contributed by atoms with van der Waals surface area (Å²) in [5, 5.41) is 3.67. The first-order valence-corrected chi connectivity index (χ1v) is 10.4. The van der Waals surface area contributed by atoms with E-state index in [0.29, 0.717) is 10.8 Å². The Labute approximate surface area is 172 Å². The van der Waals surface area contributed by atoms with Gasteiger partial charge in [-0.3, -0.25) is 4.79 Å². The van der Waals surface area contributed by atoms with E-state index < -0.39 is 6.10 Å². The Bertz CT molecular complexity index is 768. The molecule has 1 heterocycles. The van der Waals surface area contributed by atoms with Crippen molar-refractivity contribution < 1.29 is 9.53 Å². The molecule has 2 aromatic carbocycles. The summed E-state index contributed by atoms with van der Waals surface area (Å²) < 4.78 is 5.70. The van der Waals surface area contributed by atoms with Gasteiger partial charge in [-0.25, -0.2) is 0 Å². The van der Waals surface area contributed by atoms with Crippen LogP contribution >= 0.6 is 11.6 Å². The normalized spacial score (nSPS) is 17.1. The number of ether oxygens (including phenoxy) is 1. The van der Waals surface area contributed by atoms with Crippen molar-refractivity contribution in [3.63, 3.8) is 0 Å². The van der Waals surface area contributed by atoms with Gasteiger partial charge in [0.2, 0.25) is 0 Å².